The van der Waals surface area contributed by atoms with E-state index in [0.29, 0.717) is 13.1 Å². The molecule has 0 aliphatic carbocycles. The van der Waals surface area contributed by atoms with Crippen LogP contribution in [0.4, 0.5) is 0 Å². The summed E-state index contributed by atoms with van der Waals surface area (Å²) in [5, 5.41) is 9.26. The van der Waals surface area contributed by atoms with E-state index in [9.17, 15) is 9.59 Å². The number of hydrogen-bond donors (Lipinski definition) is 1. The van der Waals surface area contributed by atoms with Crippen LogP contribution in [-0.4, -0.2) is 57.1 Å². The lowest BCUT2D eigenvalue weighted by Gasteiger charge is -2.34. The molecule has 8 heteroatoms. The highest BCUT2D eigenvalue weighted by atomic mass is 32.1. The Hall–Kier alpha value is -2.84. The molecular formula is C19H19N5O2S. The maximum atomic E-state index is 12.4. The molecule has 1 aliphatic heterocycles. The number of nitrogens with one attached hydrogen (secondary N) is 1. The van der Waals surface area contributed by atoms with Crippen LogP contribution >= 0.6 is 11.3 Å². The summed E-state index contributed by atoms with van der Waals surface area (Å²) in [6, 6.07) is 13.0. The number of carbonyl (C=O) groups excluding carboxylic acids is 1. The highest BCUT2D eigenvalue weighted by Crippen LogP contribution is 2.24. The van der Waals surface area contributed by atoms with Crippen molar-refractivity contribution in [2.24, 2.45) is 0 Å². The molecule has 2 aromatic heterocycles. The van der Waals surface area contributed by atoms with E-state index in [-0.39, 0.29) is 17.2 Å². The van der Waals surface area contributed by atoms with Gasteiger partial charge in [0, 0.05) is 49.7 Å². The summed E-state index contributed by atoms with van der Waals surface area (Å²) < 4.78 is 0. The molecule has 4 rings (SSSR count). The number of carbonyl (C=O) groups is 1. The van der Waals surface area contributed by atoms with E-state index in [4.69, 9.17) is 4.98 Å². The Bertz CT molecular complexity index is 957. The molecule has 1 aliphatic rings. The first-order chi connectivity index (χ1) is 13.2. The molecule has 0 bridgehead atoms. The minimum absolute atomic E-state index is 0.147. The van der Waals surface area contributed by atoms with Crippen LogP contribution in [0.15, 0.2) is 52.6 Å². The Balaban J connectivity index is 1.33. The fraction of sp³-hybridized carbons (Fsp3) is 0.263. The molecule has 27 heavy (non-hydrogen) atoms. The normalized spacial score (nSPS) is 15.0. The number of H-pyrrole nitrogens is 1. The summed E-state index contributed by atoms with van der Waals surface area (Å²) in [5.41, 5.74) is 2.16. The minimum Gasteiger partial charge on any atom is -0.335 e. The standard InChI is InChI=1S/C19H19N5O2S/c25-17-7-6-16(21-22-17)19(26)24-10-8-23(9-11-24)12-15-13-27-18(20-15)14-4-2-1-3-5-14/h1-7,13H,8-12H2,(H,22,25). The Morgan fingerprint density at radius 2 is 1.85 bits per heavy atom. The first-order valence-corrected chi connectivity index (χ1v) is 9.64. The predicted octanol–water partition coefficient (Wildman–Crippen LogP) is 1.85. The molecule has 138 valence electrons. The smallest absolute Gasteiger partial charge is 0.274 e. The molecule has 0 saturated carbocycles. The van der Waals surface area contributed by atoms with Gasteiger partial charge in [0.05, 0.1) is 5.69 Å². The van der Waals surface area contributed by atoms with Gasteiger partial charge in [-0.1, -0.05) is 30.3 Å². The summed E-state index contributed by atoms with van der Waals surface area (Å²) in [6.07, 6.45) is 0. The number of nitrogens with zero attached hydrogens (tertiary/aromatic N) is 4. The zero-order valence-electron chi connectivity index (χ0n) is 14.7. The lowest BCUT2D eigenvalue weighted by atomic mass is 10.2. The van der Waals surface area contributed by atoms with Crippen molar-refractivity contribution < 1.29 is 4.79 Å². The number of aromatic nitrogens is 3. The number of thiazole rings is 1. The van der Waals surface area contributed by atoms with Crippen LogP contribution in [0.1, 0.15) is 16.2 Å². The Morgan fingerprint density at radius 3 is 2.56 bits per heavy atom. The molecule has 1 N–H and O–H groups in total. The molecule has 3 aromatic rings. The van der Waals surface area contributed by atoms with Crippen LogP contribution in [0.25, 0.3) is 10.6 Å². The van der Waals surface area contributed by atoms with Crippen molar-refractivity contribution in [1.82, 2.24) is 25.0 Å². The minimum atomic E-state index is -0.311. The van der Waals surface area contributed by atoms with Gasteiger partial charge >= 0.3 is 0 Å². The number of benzene rings is 1. The van der Waals surface area contributed by atoms with Gasteiger partial charge in [0.15, 0.2) is 0 Å². The Kier molecular flexibility index (Phi) is 5.08. The Morgan fingerprint density at radius 1 is 1.07 bits per heavy atom. The van der Waals surface area contributed by atoms with Gasteiger partial charge in [-0.3, -0.25) is 14.5 Å². The molecule has 0 atom stereocenters. The summed E-state index contributed by atoms with van der Waals surface area (Å²) in [4.78, 5) is 32.3. The van der Waals surface area contributed by atoms with Crippen LogP contribution in [0, 0.1) is 0 Å². The van der Waals surface area contributed by atoms with E-state index in [1.807, 2.05) is 18.2 Å². The third-order valence-electron chi connectivity index (χ3n) is 4.52. The van der Waals surface area contributed by atoms with Crippen molar-refractivity contribution in [3.8, 4) is 10.6 Å². The lowest BCUT2D eigenvalue weighted by molar-refractivity contribution is 0.0620. The van der Waals surface area contributed by atoms with E-state index < -0.39 is 0 Å². The molecule has 7 nitrogen and oxygen atoms in total. The van der Waals surface area contributed by atoms with Crippen LogP contribution in [0.2, 0.25) is 0 Å². The quantitative estimate of drug-likeness (QED) is 0.746. The highest BCUT2D eigenvalue weighted by molar-refractivity contribution is 7.13. The number of rotatable bonds is 4. The summed E-state index contributed by atoms with van der Waals surface area (Å²) in [7, 11) is 0. The van der Waals surface area contributed by atoms with Crippen molar-refractivity contribution >= 4 is 17.2 Å². The molecule has 1 amide bonds. The molecule has 1 saturated heterocycles. The maximum absolute atomic E-state index is 12.4. The van der Waals surface area contributed by atoms with Gasteiger partial charge in [0.25, 0.3) is 11.5 Å². The third kappa shape index (κ3) is 4.12. The van der Waals surface area contributed by atoms with Crippen molar-refractivity contribution in [2.45, 2.75) is 6.54 Å². The molecule has 1 aromatic carbocycles. The third-order valence-corrected chi connectivity index (χ3v) is 5.46. The van der Waals surface area contributed by atoms with E-state index in [2.05, 4.69) is 32.6 Å². The predicted molar refractivity (Wildman–Crippen MR) is 104 cm³/mol. The van der Waals surface area contributed by atoms with Gasteiger partial charge < -0.3 is 4.90 Å². The van der Waals surface area contributed by atoms with Gasteiger partial charge in [-0.05, 0) is 6.07 Å². The monoisotopic (exact) mass is 381 g/mol. The largest absolute Gasteiger partial charge is 0.335 e. The second-order valence-electron chi connectivity index (χ2n) is 6.38. The van der Waals surface area contributed by atoms with Crippen molar-refractivity contribution in [1.29, 1.82) is 0 Å². The molecular weight excluding hydrogens is 362 g/mol. The topological polar surface area (TPSA) is 82.2 Å². The fourth-order valence-electron chi connectivity index (χ4n) is 3.06. The average molecular weight is 381 g/mol. The summed E-state index contributed by atoms with van der Waals surface area (Å²) >= 11 is 1.66. The fourth-order valence-corrected chi connectivity index (χ4v) is 3.87. The SMILES string of the molecule is O=C(c1ccc(=O)[nH]n1)N1CCN(Cc2csc(-c3ccccc3)n2)CC1. The van der Waals surface area contributed by atoms with Crippen molar-refractivity contribution in [2.75, 3.05) is 26.2 Å². The van der Waals surface area contributed by atoms with Crippen molar-refractivity contribution in [3.63, 3.8) is 0 Å². The number of amides is 1. The molecule has 3 heterocycles. The van der Waals surface area contributed by atoms with E-state index in [1.165, 1.54) is 12.1 Å². The summed E-state index contributed by atoms with van der Waals surface area (Å²) in [5.74, 6) is -0.147. The van der Waals surface area contributed by atoms with Crippen LogP contribution in [0.3, 0.4) is 0 Å². The van der Waals surface area contributed by atoms with E-state index in [0.717, 1.165) is 35.9 Å². The lowest BCUT2D eigenvalue weighted by Crippen LogP contribution is -2.48. The number of hydrogen-bond acceptors (Lipinski definition) is 6. The van der Waals surface area contributed by atoms with Crippen LogP contribution in [0.5, 0.6) is 0 Å². The summed E-state index contributed by atoms with van der Waals surface area (Å²) in [6.45, 7) is 3.62. The van der Waals surface area contributed by atoms with Gasteiger partial charge in [-0.15, -0.1) is 11.3 Å². The van der Waals surface area contributed by atoms with Crippen LogP contribution in [-0.2, 0) is 6.54 Å². The molecule has 0 spiro atoms. The number of piperazine rings is 1. The molecule has 0 radical (unpaired) electrons. The highest BCUT2D eigenvalue weighted by Gasteiger charge is 2.23. The first-order valence-electron chi connectivity index (χ1n) is 8.76. The zero-order valence-corrected chi connectivity index (χ0v) is 15.5. The van der Waals surface area contributed by atoms with Gasteiger partial charge in [-0.2, -0.15) is 5.10 Å². The first kappa shape index (κ1) is 17.6. The molecule has 0 unspecified atom stereocenters. The van der Waals surface area contributed by atoms with Crippen LogP contribution < -0.4 is 5.56 Å². The maximum Gasteiger partial charge on any atom is 0.274 e. The van der Waals surface area contributed by atoms with E-state index >= 15 is 0 Å². The van der Waals surface area contributed by atoms with E-state index in [1.54, 1.807) is 16.2 Å². The average Bonchev–Trinajstić information content (AvgIpc) is 3.18. The molecule has 1 fully saturated rings. The Labute approximate surface area is 160 Å². The van der Waals surface area contributed by atoms with Gasteiger partial charge in [-0.25, -0.2) is 10.1 Å². The zero-order chi connectivity index (χ0) is 18.6. The van der Waals surface area contributed by atoms with Crippen molar-refractivity contribution in [3.05, 3.63) is 69.6 Å². The number of aromatic amines is 1. The second kappa shape index (κ2) is 7.81. The second-order valence-corrected chi connectivity index (χ2v) is 7.24. The van der Waals surface area contributed by atoms with Gasteiger partial charge in [0.1, 0.15) is 10.7 Å². The van der Waals surface area contributed by atoms with Gasteiger partial charge in [0.2, 0.25) is 0 Å².